The Hall–Kier alpha value is -1.39. The number of aromatic nitrogens is 1. The molecule has 0 aliphatic carbocycles. The summed E-state index contributed by atoms with van der Waals surface area (Å²) in [6, 6.07) is 7.76. The van der Waals surface area contributed by atoms with Crippen molar-refractivity contribution >= 4 is 11.3 Å². The van der Waals surface area contributed by atoms with Crippen molar-refractivity contribution < 1.29 is 5.11 Å². The van der Waals surface area contributed by atoms with Crippen LogP contribution in [0.3, 0.4) is 0 Å². The lowest BCUT2D eigenvalue weighted by atomic mass is 10.1. The Bertz CT molecular complexity index is 538. The maximum absolute atomic E-state index is 9.51. The van der Waals surface area contributed by atoms with Crippen molar-refractivity contribution in [1.29, 1.82) is 0 Å². The molecule has 2 atom stereocenters. The number of nitrogens with one attached hydrogen (secondary N) is 1. The van der Waals surface area contributed by atoms with Gasteiger partial charge in [-0.15, -0.1) is 11.3 Å². The van der Waals surface area contributed by atoms with Crippen LogP contribution in [-0.4, -0.2) is 10.1 Å². The molecular formula is C15H20N2OS. The number of thiazole rings is 1. The van der Waals surface area contributed by atoms with Crippen molar-refractivity contribution in [2.45, 2.75) is 39.3 Å². The van der Waals surface area contributed by atoms with Gasteiger partial charge in [-0.3, -0.25) is 0 Å². The second kappa shape index (κ2) is 6.17. The topological polar surface area (TPSA) is 45.2 Å². The monoisotopic (exact) mass is 276 g/mol. The van der Waals surface area contributed by atoms with Crippen molar-refractivity contribution in [3.8, 4) is 5.75 Å². The van der Waals surface area contributed by atoms with Crippen molar-refractivity contribution in [1.82, 2.24) is 10.3 Å². The third-order valence-corrected chi connectivity index (χ3v) is 4.48. The molecule has 102 valence electrons. The number of rotatable bonds is 5. The summed E-state index contributed by atoms with van der Waals surface area (Å²) >= 11 is 1.76. The van der Waals surface area contributed by atoms with E-state index in [0.717, 1.165) is 17.0 Å². The number of aryl methyl sites for hydroxylation is 1. The number of hydrogen-bond acceptors (Lipinski definition) is 4. The van der Waals surface area contributed by atoms with Crippen molar-refractivity contribution in [3.63, 3.8) is 0 Å². The average Bonchev–Trinajstić information content (AvgIpc) is 2.87. The van der Waals surface area contributed by atoms with Crippen molar-refractivity contribution in [2.75, 3.05) is 0 Å². The van der Waals surface area contributed by atoms with E-state index in [2.05, 4.69) is 31.1 Å². The van der Waals surface area contributed by atoms with Gasteiger partial charge in [0.15, 0.2) is 0 Å². The zero-order valence-electron chi connectivity index (χ0n) is 11.6. The minimum Gasteiger partial charge on any atom is -0.508 e. The Kier molecular flexibility index (Phi) is 4.56. The molecule has 2 N–H and O–H groups in total. The smallest absolute Gasteiger partial charge is 0.115 e. The lowest BCUT2D eigenvalue weighted by molar-refractivity contribution is 0.466. The van der Waals surface area contributed by atoms with Gasteiger partial charge in [-0.1, -0.05) is 19.1 Å². The molecule has 2 rings (SSSR count). The normalized spacial score (nSPS) is 14.3. The van der Waals surface area contributed by atoms with Crippen LogP contribution in [0.2, 0.25) is 0 Å². The van der Waals surface area contributed by atoms with E-state index in [4.69, 9.17) is 0 Å². The van der Waals surface area contributed by atoms with Gasteiger partial charge >= 0.3 is 0 Å². The van der Waals surface area contributed by atoms with E-state index in [1.54, 1.807) is 23.5 Å². The molecule has 0 aliphatic heterocycles. The highest BCUT2D eigenvalue weighted by atomic mass is 32.1. The summed E-state index contributed by atoms with van der Waals surface area (Å²) in [5.74, 6) is 0.307. The molecule has 3 nitrogen and oxygen atoms in total. The quantitative estimate of drug-likeness (QED) is 0.872. The largest absolute Gasteiger partial charge is 0.508 e. The zero-order chi connectivity index (χ0) is 13.8. The molecule has 0 fully saturated rings. The molecule has 2 unspecified atom stereocenters. The predicted molar refractivity (Wildman–Crippen MR) is 79.6 cm³/mol. The van der Waals surface area contributed by atoms with Crippen molar-refractivity contribution in [2.24, 2.45) is 0 Å². The molecule has 0 spiro atoms. The van der Waals surface area contributed by atoms with E-state index in [0.29, 0.717) is 5.75 Å². The predicted octanol–water partition coefficient (Wildman–Crippen LogP) is 3.82. The molecule has 0 radical (unpaired) electrons. The molecule has 2 aromatic rings. The molecular weight excluding hydrogens is 256 g/mol. The fourth-order valence-corrected chi connectivity index (χ4v) is 2.89. The van der Waals surface area contributed by atoms with Crippen LogP contribution in [0, 0.1) is 0 Å². The van der Waals surface area contributed by atoms with Crippen LogP contribution in [0.4, 0.5) is 0 Å². The Balaban J connectivity index is 2.03. The molecule has 0 saturated carbocycles. The van der Waals surface area contributed by atoms with Gasteiger partial charge in [-0.05, 0) is 38.0 Å². The molecule has 0 amide bonds. The molecule has 19 heavy (non-hydrogen) atoms. The van der Waals surface area contributed by atoms with Gasteiger partial charge < -0.3 is 10.4 Å². The summed E-state index contributed by atoms with van der Waals surface area (Å²) in [6.07, 6.45) is 2.99. The molecule has 1 aromatic carbocycles. The summed E-state index contributed by atoms with van der Waals surface area (Å²) in [5.41, 5.74) is 1.08. The number of phenolic OH excluding ortho intramolecular Hbond substituents is 1. The van der Waals surface area contributed by atoms with E-state index in [9.17, 15) is 5.11 Å². The average molecular weight is 276 g/mol. The van der Waals surface area contributed by atoms with Gasteiger partial charge in [0.05, 0.1) is 6.04 Å². The first-order chi connectivity index (χ1) is 9.10. The molecule has 0 aliphatic rings. The highest BCUT2D eigenvalue weighted by molar-refractivity contribution is 7.11. The van der Waals surface area contributed by atoms with Gasteiger partial charge in [0.2, 0.25) is 0 Å². The summed E-state index contributed by atoms with van der Waals surface area (Å²) < 4.78 is 0. The fourth-order valence-electron chi connectivity index (χ4n) is 2.02. The Morgan fingerprint density at radius 2 is 2.11 bits per heavy atom. The van der Waals surface area contributed by atoms with E-state index in [1.165, 1.54) is 4.88 Å². The highest BCUT2D eigenvalue weighted by Crippen LogP contribution is 2.24. The number of benzene rings is 1. The third-order valence-electron chi connectivity index (χ3n) is 3.16. The Labute approximate surface area is 118 Å². The minimum atomic E-state index is 0.177. The first kappa shape index (κ1) is 14.0. The first-order valence-electron chi connectivity index (χ1n) is 6.59. The van der Waals surface area contributed by atoms with Crippen LogP contribution in [0.25, 0.3) is 0 Å². The second-order valence-electron chi connectivity index (χ2n) is 4.72. The molecule has 1 heterocycles. The molecule has 1 aromatic heterocycles. The van der Waals surface area contributed by atoms with Crippen LogP contribution >= 0.6 is 11.3 Å². The third kappa shape index (κ3) is 3.55. The van der Waals surface area contributed by atoms with Gasteiger partial charge in [0, 0.05) is 17.1 Å². The molecule has 0 bridgehead atoms. The summed E-state index contributed by atoms with van der Waals surface area (Å²) in [6.45, 7) is 6.36. The number of hydrogen-bond donors (Lipinski definition) is 2. The van der Waals surface area contributed by atoms with Crippen molar-refractivity contribution in [3.05, 3.63) is 45.9 Å². The Morgan fingerprint density at radius 1 is 1.32 bits per heavy atom. The van der Waals surface area contributed by atoms with Gasteiger partial charge in [-0.25, -0.2) is 4.98 Å². The van der Waals surface area contributed by atoms with Crippen LogP contribution in [0.15, 0.2) is 30.5 Å². The van der Waals surface area contributed by atoms with Crippen LogP contribution in [0.5, 0.6) is 5.75 Å². The lowest BCUT2D eigenvalue weighted by Gasteiger charge is -2.19. The highest BCUT2D eigenvalue weighted by Gasteiger charge is 2.14. The van der Waals surface area contributed by atoms with E-state index < -0.39 is 0 Å². The van der Waals surface area contributed by atoms with E-state index >= 15 is 0 Å². The SMILES string of the molecule is CCc1cnc(C(C)NC(C)c2cccc(O)c2)s1. The Morgan fingerprint density at radius 3 is 2.74 bits per heavy atom. The number of phenols is 1. The van der Waals surface area contributed by atoms with Gasteiger partial charge in [0.25, 0.3) is 0 Å². The summed E-state index contributed by atoms with van der Waals surface area (Å²) in [7, 11) is 0. The lowest BCUT2D eigenvalue weighted by Crippen LogP contribution is -2.22. The standard InChI is InChI=1S/C15H20N2OS/c1-4-14-9-16-15(19-14)11(3)17-10(2)12-6-5-7-13(18)8-12/h5-11,17-18H,4H2,1-3H3. The van der Waals surface area contributed by atoms with Gasteiger partial charge in [-0.2, -0.15) is 0 Å². The van der Waals surface area contributed by atoms with Crippen LogP contribution in [0.1, 0.15) is 48.3 Å². The zero-order valence-corrected chi connectivity index (χ0v) is 12.4. The maximum atomic E-state index is 9.51. The number of nitrogens with zero attached hydrogens (tertiary/aromatic N) is 1. The summed E-state index contributed by atoms with van der Waals surface area (Å²) in [5, 5.41) is 14.1. The molecule has 4 heteroatoms. The fraction of sp³-hybridized carbons (Fsp3) is 0.400. The van der Waals surface area contributed by atoms with Crippen LogP contribution in [-0.2, 0) is 6.42 Å². The van der Waals surface area contributed by atoms with Gasteiger partial charge in [0.1, 0.15) is 10.8 Å². The van der Waals surface area contributed by atoms with E-state index in [1.807, 2.05) is 18.3 Å². The summed E-state index contributed by atoms with van der Waals surface area (Å²) in [4.78, 5) is 5.77. The van der Waals surface area contributed by atoms with E-state index in [-0.39, 0.29) is 12.1 Å². The minimum absolute atomic E-state index is 0.177. The number of aromatic hydroxyl groups is 1. The molecule has 0 saturated heterocycles. The second-order valence-corrected chi connectivity index (χ2v) is 5.87. The maximum Gasteiger partial charge on any atom is 0.115 e. The van der Waals surface area contributed by atoms with Crippen LogP contribution < -0.4 is 5.32 Å². The first-order valence-corrected chi connectivity index (χ1v) is 7.41.